The predicted molar refractivity (Wildman–Crippen MR) is 88.0 cm³/mol. The zero-order valence-electron chi connectivity index (χ0n) is 13.9. The van der Waals surface area contributed by atoms with Crippen molar-refractivity contribution in [2.45, 2.75) is 63.0 Å². The van der Waals surface area contributed by atoms with Gasteiger partial charge in [-0.25, -0.2) is 0 Å². The zero-order valence-corrected chi connectivity index (χ0v) is 13.9. The molecule has 0 bridgehead atoms. The largest absolute Gasteiger partial charge is 0.466 e. The molecule has 1 heterocycles. The van der Waals surface area contributed by atoms with Crippen LogP contribution in [0.3, 0.4) is 0 Å². The minimum atomic E-state index is -1.23. The molecule has 1 aromatic heterocycles. The second-order valence-corrected chi connectivity index (χ2v) is 7.02. The van der Waals surface area contributed by atoms with E-state index >= 15 is 0 Å². The van der Waals surface area contributed by atoms with Gasteiger partial charge < -0.3 is 20.2 Å². The second kappa shape index (κ2) is 7.38. The van der Waals surface area contributed by atoms with E-state index in [0.717, 1.165) is 38.5 Å². The average molecular weight is 334 g/mol. The van der Waals surface area contributed by atoms with Crippen LogP contribution in [0.4, 0.5) is 0 Å². The maximum atomic E-state index is 12.1. The van der Waals surface area contributed by atoms with Crippen LogP contribution < -0.4 is 10.6 Å². The van der Waals surface area contributed by atoms with Gasteiger partial charge in [-0.05, 0) is 43.7 Å². The fraction of sp³-hybridized carbons (Fsp3) is 0.667. The first-order chi connectivity index (χ1) is 11.6. The normalized spacial score (nSPS) is 21.5. The first-order valence-electron chi connectivity index (χ1n) is 8.94. The summed E-state index contributed by atoms with van der Waals surface area (Å²) >= 11 is 0. The first kappa shape index (κ1) is 17.0. The molecule has 6 nitrogen and oxygen atoms in total. The van der Waals surface area contributed by atoms with Crippen LogP contribution in [0.5, 0.6) is 0 Å². The van der Waals surface area contributed by atoms with Gasteiger partial charge in [0.1, 0.15) is 11.4 Å². The Balaban J connectivity index is 1.53. The number of rotatable bonds is 5. The van der Waals surface area contributed by atoms with Crippen molar-refractivity contribution in [3.63, 3.8) is 0 Å². The highest BCUT2D eigenvalue weighted by molar-refractivity contribution is 6.35. The summed E-state index contributed by atoms with van der Waals surface area (Å²) in [6, 6.07) is 3.50. The van der Waals surface area contributed by atoms with Crippen LogP contribution in [0.25, 0.3) is 0 Å². The third-order valence-corrected chi connectivity index (χ3v) is 5.12. The van der Waals surface area contributed by atoms with Gasteiger partial charge in [-0.15, -0.1) is 0 Å². The average Bonchev–Trinajstić information content (AvgIpc) is 3.35. The Labute approximate surface area is 142 Å². The van der Waals surface area contributed by atoms with Crippen LogP contribution in [0.15, 0.2) is 22.8 Å². The van der Waals surface area contributed by atoms with Crippen molar-refractivity contribution in [3.05, 3.63) is 24.2 Å². The molecule has 0 aliphatic heterocycles. The van der Waals surface area contributed by atoms with E-state index in [9.17, 15) is 14.7 Å². The number of aliphatic hydroxyl groups is 1. The van der Waals surface area contributed by atoms with E-state index in [4.69, 9.17) is 4.42 Å². The van der Waals surface area contributed by atoms with Gasteiger partial charge >= 0.3 is 11.8 Å². The minimum absolute atomic E-state index is 0.0118. The topological polar surface area (TPSA) is 91.6 Å². The third-order valence-electron chi connectivity index (χ3n) is 5.12. The molecule has 0 radical (unpaired) electrons. The molecule has 24 heavy (non-hydrogen) atoms. The molecule has 2 amide bonds. The van der Waals surface area contributed by atoms with Crippen molar-refractivity contribution in [2.75, 3.05) is 6.54 Å². The number of hydrogen-bond donors (Lipinski definition) is 3. The van der Waals surface area contributed by atoms with E-state index in [-0.39, 0.29) is 18.5 Å². The standard InChI is InChI=1S/C18H26N2O4/c21-16(17(22)20-14-6-3-1-2-4-7-14)19-12-18(23,13-9-10-13)15-8-5-11-24-15/h5,8,11,13-14,23H,1-4,6-7,9-10,12H2,(H,19,21)(H,20,22). The highest BCUT2D eigenvalue weighted by atomic mass is 16.4. The lowest BCUT2D eigenvalue weighted by Crippen LogP contribution is -2.49. The Bertz CT molecular complexity index is 560. The monoisotopic (exact) mass is 334 g/mol. The van der Waals surface area contributed by atoms with Crippen molar-refractivity contribution in [3.8, 4) is 0 Å². The van der Waals surface area contributed by atoms with Gasteiger partial charge in [-0.1, -0.05) is 25.7 Å². The highest BCUT2D eigenvalue weighted by Crippen LogP contribution is 2.45. The summed E-state index contributed by atoms with van der Waals surface area (Å²) in [5, 5.41) is 16.3. The van der Waals surface area contributed by atoms with Crippen LogP contribution in [0.1, 0.15) is 57.1 Å². The molecule has 1 unspecified atom stereocenters. The molecule has 0 aromatic carbocycles. The van der Waals surface area contributed by atoms with Crippen molar-refractivity contribution < 1.29 is 19.1 Å². The molecular weight excluding hydrogens is 308 g/mol. The van der Waals surface area contributed by atoms with Crippen LogP contribution >= 0.6 is 0 Å². The zero-order chi connectivity index (χ0) is 17.0. The van der Waals surface area contributed by atoms with Crippen molar-refractivity contribution in [2.24, 2.45) is 5.92 Å². The minimum Gasteiger partial charge on any atom is -0.466 e. The number of carbonyl (C=O) groups excluding carboxylic acids is 2. The number of furan rings is 1. The lowest BCUT2D eigenvalue weighted by molar-refractivity contribution is -0.140. The molecule has 0 saturated heterocycles. The molecule has 6 heteroatoms. The smallest absolute Gasteiger partial charge is 0.309 e. The number of hydrogen-bond acceptors (Lipinski definition) is 4. The van der Waals surface area contributed by atoms with Crippen molar-refractivity contribution in [1.29, 1.82) is 0 Å². The molecule has 1 atom stereocenters. The molecule has 3 rings (SSSR count). The molecule has 132 valence electrons. The summed E-state index contributed by atoms with van der Waals surface area (Å²) in [7, 11) is 0. The van der Waals surface area contributed by atoms with E-state index in [1.165, 1.54) is 19.1 Å². The highest BCUT2D eigenvalue weighted by Gasteiger charge is 2.47. The molecule has 3 N–H and O–H groups in total. The van der Waals surface area contributed by atoms with Gasteiger partial charge in [0.05, 0.1) is 12.8 Å². The Morgan fingerprint density at radius 1 is 1.12 bits per heavy atom. The van der Waals surface area contributed by atoms with E-state index in [2.05, 4.69) is 10.6 Å². The molecule has 2 aliphatic rings. The van der Waals surface area contributed by atoms with Crippen LogP contribution in [-0.4, -0.2) is 29.5 Å². The van der Waals surface area contributed by atoms with E-state index < -0.39 is 17.4 Å². The summed E-state index contributed by atoms with van der Waals surface area (Å²) in [5.74, 6) is -0.798. The molecule has 2 saturated carbocycles. The van der Waals surface area contributed by atoms with Gasteiger partial charge in [-0.2, -0.15) is 0 Å². The third kappa shape index (κ3) is 3.98. The van der Waals surface area contributed by atoms with Gasteiger partial charge in [0, 0.05) is 6.04 Å². The SMILES string of the molecule is O=C(NCC(O)(c1ccco1)C1CC1)C(=O)NC1CCCCCC1. The van der Waals surface area contributed by atoms with Crippen LogP contribution in [0.2, 0.25) is 0 Å². The number of amides is 2. The fourth-order valence-corrected chi connectivity index (χ4v) is 3.49. The molecule has 0 spiro atoms. The Hall–Kier alpha value is -1.82. The van der Waals surface area contributed by atoms with Crippen LogP contribution in [-0.2, 0) is 15.2 Å². The predicted octanol–water partition coefficient (Wildman–Crippen LogP) is 1.83. The van der Waals surface area contributed by atoms with Gasteiger partial charge in [0.25, 0.3) is 0 Å². The molecule has 1 aromatic rings. The summed E-state index contributed by atoms with van der Waals surface area (Å²) in [6.45, 7) is -0.0118. The number of nitrogens with one attached hydrogen (secondary N) is 2. The Morgan fingerprint density at radius 3 is 2.42 bits per heavy atom. The van der Waals surface area contributed by atoms with Gasteiger partial charge in [0.15, 0.2) is 0 Å². The van der Waals surface area contributed by atoms with Gasteiger partial charge in [0.2, 0.25) is 0 Å². The number of carbonyl (C=O) groups is 2. The fourth-order valence-electron chi connectivity index (χ4n) is 3.49. The van der Waals surface area contributed by atoms with Crippen molar-refractivity contribution >= 4 is 11.8 Å². The van der Waals surface area contributed by atoms with E-state index in [1.54, 1.807) is 12.1 Å². The molecule has 2 aliphatic carbocycles. The van der Waals surface area contributed by atoms with E-state index in [1.807, 2.05) is 0 Å². The summed E-state index contributed by atoms with van der Waals surface area (Å²) in [5.41, 5.74) is -1.23. The van der Waals surface area contributed by atoms with Crippen LogP contribution in [0, 0.1) is 5.92 Å². The second-order valence-electron chi connectivity index (χ2n) is 7.02. The Kier molecular flexibility index (Phi) is 5.23. The first-order valence-corrected chi connectivity index (χ1v) is 8.94. The van der Waals surface area contributed by atoms with Gasteiger partial charge in [-0.3, -0.25) is 9.59 Å². The van der Waals surface area contributed by atoms with E-state index in [0.29, 0.717) is 5.76 Å². The summed E-state index contributed by atoms with van der Waals surface area (Å²) < 4.78 is 5.33. The van der Waals surface area contributed by atoms with Crippen molar-refractivity contribution in [1.82, 2.24) is 10.6 Å². The quantitative estimate of drug-likeness (QED) is 0.566. The molecule has 2 fully saturated rings. The lowest BCUT2D eigenvalue weighted by atomic mass is 9.94. The molecular formula is C18H26N2O4. The maximum absolute atomic E-state index is 12.1. The lowest BCUT2D eigenvalue weighted by Gasteiger charge is -2.26. The maximum Gasteiger partial charge on any atom is 0.309 e. The summed E-state index contributed by atoms with van der Waals surface area (Å²) in [4.78, 5) is 24.2. The Morgan fingerprint density at radius 2 is 1.83 bits per heavy atom. The summed E-state index contributed by atoms with van der Waals surface area (Å²) in [6.07, 6.45) is 9.70.